The van der Waals surface area contributed by atoms with Gasteiger partial charge < -0.3 is 15.0 Å². The Hall–Kier alpha value is -1.81. The molecule has 1 aromatic carbocycles. The number of nitrogens with one attached hydrogen (secondary N) is 2. The molecule has 0 aliphatic rings. The first-order valence-corrected chi connectivity index (χ1v) is 6.21. The molecule has 1 unspecified atom stereocenters. The third-order valence-corrected chi connectivity index (χ3v) is 2.84. The summed E-state index contributed by atoms with van der Waals surface area (Å²) in [5.74, 6) is 1.81. The Labute approximate surface area is 107 Å². The number of rotatable bonds is 6. The highest BCUT2D eigenvalue weighted by Crippen LogP contribution is 2.21. The Balaban J connectivity index is 2.21. The van der Waals surface area contributed by atoms with Crippen LogP contribution in [0, 0.1) is 0 Å². The Morgan fingerprint density at radius 2 is 2.11 bits per heavy atom. The highest BCUT2D eigenvalue weighted by atomic mass is 16.5. The molecule has 0 saturated carbocycles. The van der Waals surface area contributed by atoms with Gasteiger partial charge in [-0.15, -0.1) is 0 Å². The number of hydrogen-bond acceptors (Lipinski definition) is 3. The van der Waals surface area contributed by atoms with E-state index in [0.29, 0.717) is 0 Å². The van der Waals surface area contributed by atoms with Crippen LogP contribution in [0.4, 0.5) is 0 Å². The van der Waals surface area contributed by atoms with E-state index in [9.17, 15) is 0 Å². The van der Waals surface area contributed by atoms with E-state index in [1.807, 2.05) is 18.3 Å². The fourth-order valence-electron chi connectivity index (χ4n) is 1.89. The second kappa shape index (κ2) is 6.21. The summed E-state index contributed by atoms with van der Waals surface area (Å²) >= 11 is 0. The van der Waals surface area contributed by atoms with Crippen molar-refractivity contribution in [2.75, 3.05) is 13.7 Å². The summed E-state index contributed by atoms with van der Waals surface area (Å²) < 4.78 is 5.18. The number of imidazole rings is 1. The smallest absolute Gasteiger partial charge is 0.127 e. The van der Waals surface area contributed by atoms with E-state index >= 15 is 0 Å². The number of ether oxygens (including phenoxy) is 1. The molecule has 1 heterocycles. The van der Waals surface area contributed by atoms with Crippen LogP contribution in [-0.4, -0.2) is 23.6 Å². The minimum Gasteiger partial charge on any atom is -0.497 e. The summed E-state index contributed by atoms with van der Waals surface area (Å²) in [6.07, 6.45) is 4.71. The Morgan fingerprint density at radius 3 is 2.67 bits per heavy atom. The molecule has 0 aliphatic carbocycles. The van der Waals surface area contributed by atoms with Crippen molar-refractivity contribution in [1.29, 1.82) is 0 Å². The average Bonchev–Trinajstić information content (AvgIpc) is 2.94. The number of aromatic amines is 1. The third kappa shape index (κ3) is 2.90. The molecule has 0 bridgehead atoms. The van der Waals surface area contributed by atoms with Gasteiger partial charge in [0.15, 0.2) is 0 Å². The lowest BCUT2D eigenvalue weighted by molar-refractivity contribution is 0.414. The first-order chi connectivity index (χ1) is 8.85. The van der Waals surface area contributed by atoms with E-state index in [4.69, 9.17) is 4.74 Å². The maximum absolute atomic E-state index is 5.18. The van der Waals surface area contributed by atoms with Gasteiger partial charge in [-0.25, -0.2) is 4.98 Å². The van der Waals surface area contributed by atoms with Gasteiger partial charge >= 0.3 is 0 Å². The summed E-state index contributed by atoms with van der Waals surface area (Å²) in [6, 6.07) is 8.17. The number of nitrogens with zero attached hydrogens (tertiary/aromatic N) is 1. The monoisotopic (exact) mass is 245 g/mol. The second-order valence-electron chi connectivity index (χ2n) is 4.13. The number of H-pyrrole nitrogens is 1. The molecule has 0 amide bonds. The van der Waals surface area contributed by atoms with E-state index in [-0.39, 0.29) is 6.04 Å². The molecular formula is C14H19N3O. The van der Waals surface area contributed by atoms with Crippen LogP contribution in [0.3, 0.4) is 0 Å². The molecule has 4 heteroatoms. The molecule has 0 radical (unpaired) electrons. The number of methoxy groups -OCH3 is 1. The van der Waals surface area contributed by atoms with Crippen LogP contribution in [0.2, 0.25) is 0 Å². The molecule has 2 aromatic rings. The minimum atomic E-state index is 0.103. The maximum atomic E-state index is 5.18. The third-order valence-electron chi connectivity index (χ3n) is 2.84. The summed E-state index contributed by atoms with van der Waals surface area (Å²) in [6.45, 7) is 3.11. The van der Waals surface area contributed by atoms with Crippen LogP contribution < -0.4 is 10.1 Å². The molecule has 0 spiro atoms. The fraction of sp³-hybridized carbons (Fsp3) is 0.357. The van der Waals surface area contributed by atoms with Gasteiger partial charge in [0.05, 0.1) is 13.2 Å². The van der Waals surface area contributed by atoms with Gasteiger partial charge in [0.1, 0.15) is 11.6 Å². The fourth-order valence-corrected chi connectivity index (χ4v) is 1.89. The summed E-state index contributed by atoms with van der Waals surface area (Å²) in [7, 11) is 1.67. The van der Waals surface area contributed by atoms with Gasteiger partial charge in [-0.05, 0) is 30.7 Å². The topological polar surface area (TPSA) is 49.9 Å². The van der Waals surface area contributed by atoms with Gasteiger partial charge in [-0.1, -0.05) is 19.1 Å². The molecule has 1 aromatic heterocycles. The van der Waals surface area contributed by atoms with Crippen LogP contribution >= 0.6 is 0 Å². The lowest BCUT2D eigenvalue weighted by Crippen LogP contribution is -2.24. The molecule has 4 nitrogen and oxygen atoms in total. The quantitative estimate of drug-likeness (QED) is 0.822. The SMILES string of the molecule is CCCNC(c1ccc(OC)cc1)c1ncc[nH]1. The van der Waals surface area contributed by atoms with Crippen molar-refractivity contribution in [2.24, 2.45) is 0 Å². The zero-order valence-corrected chi connectivity index (χ0v) is 10.8. The van der Waals surface area contributed by atoms with Gasteiger partial charge in [-0.3, -0.25) is 0 Å². The van der Waals surface area contributed by atoms with Crippen LogP contribution in [0.5, 0.6) is 5.75 Å². The highest BCUT2D eigenvalue weighted by Gasteiger charge is 2.15. The van der Waals surface area contributed by atoms with E-state index in [0.717, 1.165) is 24.5 Å². The molecule has 96 valence electrons. The molecule has 0 aliphatic heterocycles. The maximum Gasteiger partial charge on any atom is 0.127 e. The summed E-state index contributed by atoms with van der Waals surface area (Å²) in [4.78, 5) is 7.51. The first kappa shape index (κ1) is 12.6. The Kier molecular flexibility index (Phi) is 4.36. The molecular weight excluding hydrogens is 226 g/mol. The van der Waals surface area contributed by atoms with Crippen LogP contribution in [0.25, 0.3) is 0 Å². The van der Waals surface area contributed by atoms with Gasteiger partial charge in [0, 0.05) is 12.4 Å². The highest BCUT2D eigenvalue weighted by molar-refractivity contribution is 5.31. The van der Waals surface area contributed by atoms with E-state index in [1.165, 1.54) is 5.56 Å². The van der Waals surface area contributed by atoms with Gasteiger partial charge in [0.25, 0.3) is 0 Å². The zero-order chi connectivity index (χ0) is 12.8. The van der Waals surface area contributed by atoms with Crippen molar-refractivity contribution >= 4 is 0 Å². The van der Waals surface area contributed by atoms with Crippen LogP contribution in [0.1, 0.15) is 30.8 Å². The van der Waals surface area contributed by atoms with Crippen molar-refractivity contribution in [3.8, 4) is 5.75 Å². The lowest BCUT2D eigenvalue weighted by Gasteiger charge is -2.17. The van der Waals surface area contributed by atoms with E-state index in [1.54, 1.807) is 13.3 Å². The van der Waals surface area contributed by atoms with E-state index in [2.05, 4.69) is 34.3 Å². The van der Waals surface area contributed by atoms with Crippen molar-refractivity contribution in [3.63, 3.8) is 0 Å². The zero-order valence-electron chi connectivity index (χ0n) is 10.8. The summed E-state index contributed by atoms with van der Waals surface area (Å²) in [5.41, 5.74) is 1.18. The van der Waals surface area contributed by atoms with E-state index < -0.39 is 0 Å². The standard InChI is InChI=1S/C14H19N3O/c1-3-8-15-13(14-16-9-10-17-14)11-4-6-12(18-2)7-5-11/h4-7,9-10,13,15H,3,8H2,1-2H3,(H,16,17). The van der Waals surface area contributed by atoms with Crippen LogP contribution in [0.15, 0.2) is 36.7 Å². The average molecular weight is 245 g/mol. The first-order valence-electron chi connectivity index (χ1n) is 6.21. The molecule has 2 N–H and O–H groups in total. The Morgan fingerprint density at radius 1 is 1.33 bits per heavy atom. The normalized spacial score (nSPS) is 12.3. The minimum absolute atomic E-state index is 0.103. The molecule has 0 saturated heterocycles. The molecule has 2 rings (SSSR count). The van der Waals surface area contributed by atoms with Crippen molar-refractivity contribution in [2.45, 2.75) is 19.4 Å². The van der Waals surface area contributed by atoms with Crippen molar-refractivity contribution in [3.05, 3.63) is 48.0 Å². The van der Waals surface area contributed by atoms with Gasteiger partial charge in [-0.2, -0.15) is 0 Å². The van der Waals surface area contributed by atoms with Gasteiger partial charge in [0.2, 0.25) is 0 Å². The molecule has 0 fully saturated rings. The number of benzene rings is 1. The molecule has 18 heavy (non-hydrogen) atoms. The second-order valence-corrected chi connectivity index (χ2v) is 4.13. The number of hydrogen-bond donors (Lipinski definition) is 2. The number of aromatic nitrogens is 2. The van der Waals surface area contributed by atoms with Crippen LogP contribution in [-0.2, 0) is 0 Å². The largest absolute Gasteiger partial charge is 0.497 e. The Bertz CT molecular complexity index is 450. The predicted octanol–water partition coefficient (Wildman–Crippen LogP) is 2.51. The van der Waals surface area contributed by atoms with Crippen molar-refractivity contribution < 1.29 is 4.74 Å². The molecule has 1 atom stereocenters. The lowest BCUT2D eigenvalue weighted by atomic mass is 10.1. The predicted molar refractivity (Wildman–Crippen MR) is 71.7 cm³/mol. The summed E-state index contributed by atoms with van der Waals surface area (Å²) in [5, 5.41) is 3.49. The van der Waals surface area contributed by atoms with Crippen molar-refractivity contribution in [1.82, 2.24) is 15.3 Å².